The van der Waals surface area contributed by atoms with E-state index < -0.39 is 0 Å². The van der Waals surface area contributed by atoms with E-state index in [-0.39, 0.29) is 4.30 Å². The second-order valence-corrected chi connectivity index (χ2v) is 33.4. The summed E-state index contributed by atoms with van der Waals surface area (Å²) in [5, 5.41) is 0. The highest BCUT2D eigenvalue weighted by molar-refractivity contribution is 14.4. The van der Waals surface area contributed by atoms with Gasteiger partial charge in [0.2, 0.25) is 0 Å². The van der Waals surface area contributed by atoms with Crippen LogP contribution in [0.15, 0.2) is 0 Å². The first-order valence-electron chi connectivity index (χ1n) is 1.65. The van der Waals surface area contributed by atoms with Crippen LogP contribution in [-0.2, 0) is 0 Å². The average Bonchev–Trinajstić information content (AvgIpc) is 1.41. The zero-order valence-electron chi connectivity index (χ0n) is 3.71. The van der Waals surface area contributed by atoms with Crippen molar-refractivity contribution in [3.63, 3.8) is 0 Å². The summed E-state index contributed by atoms with van der Waals surface area (Å²) in [5.74, 6) is 0. The molecule has 0 fully saturated rings. The number of hydrogen-bond acceptors (Lipinski definition) is 0. The van der Waals surface area contributed by atoms with Crippen molar-refractivity contribution in [2.75, 3.05) is 0 Å². The van der Waals surface area contributed by atoms with Crippen LogP contribution in [0.25, 0.3) is 0 Å². The van der Waals surface area contributed by atoms with Crippen LogP contribution in [0.4, 0.5) is 0 Å². The van der Waals surface area contributed by atoms with E-state index >= 15 is 0 Å². The first-order valence-corrected chi connectivity index (χ1v) is 14.2. The van der Waals surface area contributed by atoms with Gasteiger partial charge in [-0.1, -0.05) is 13.8 Å². The van der Waals surface area contributed by atoms with Crippen molar-refractivity contribution in [2.45, 2.75) is 13.8 Å². The second-order valence-electron chi connectivity index (χ2n) is 0.247. The van der Waals surface area contributed by atoms with Gasteiger partial charge in [-0.15, -0.1) is 0 Å². The molecule has 0 aromatic heterocycles. The van der Waals surface area contributed by atoms with Gasteiger partial charge in [0.1, 0.15) is 0 Å². The molecular weight excluding hydrogens is 432 g/mol. The minimum Gasteiger partial charge on any atom is -0.175 e. The molecule has 4 heteroatoms. The van der Waals surface area contributed by atoms with E-state index in [1.165, 1.54) is 0 Å². The molecular formula is C2H6AlI3. The lowest BCUT2D eigenvalue weighted by Crippen LogP contribution is -1.59. The lowest BCUT2D eigenvalue weighted by molar-refractivity contribution is 1.50. The third kappa shape index (κ3) is 29.7. The van der Waals surface area contributed by atoms with Crippen LogP contribution in [0.3, 0.4) is 0 Å². The fourth-order valence-corrected chi connectivity index (χ4v) is 0. The van der Waals surface area contributed by atoms with Crippen molar-refractivity contribution in [1.82, 2.24) is 0 Å². The van der Waals surface area contributed by atoms with Gasteiger partial charge in [-0.25, -0.2) is 0 Å². The fourth-order valence-electron chi connectivity index (χ4n) is 0. The summed E-state index contributed by atoms with van der Waals surface area (Å²) in [6, 6.07) is 0. The van der Waals surface area contributed by atoms with Crippen molar-refractivity contribution in [1.29, 1.82) is 0 Å². The SMILES string of the molecule is CC.[I][Al]([I])[I]. The molecule has 0 aromatic rings. The van der Waals surface area contributed by atoms with E-state index in [0.717, 1.165) is 0 Å². The summed E-state index contributed by atoms with van der Waals surface area (Å²) >= 11 is 7.37. The van der Waals surface area contributed by atoms with E-state index in [1.54, 1.807) is 0 Å². The molecule has 6 heavy (non-hydrogen) atoms. The number of halogens is 3. The Morgan fingerprint density at radius 1 is 1.00 bits per heavy atom. The van der Waals surface area contributed by atoms with E-state index in [1.807, 2.05) is 13.8 Å². The predicted molar refractivity (Wildman–Crippen MR) is 59.2 cm³/mol. The van der Waals surface area contributed by atoms with Gasteiger partial charge in [0, 0.05) is 0 Å². The number of hydrogen-bond donors (Lipinski definition) is 0. The Morgan fingerprint density at radius 3 is 1.00 bits per heavy atom. The van der Waals surface area contributed by atoms with E-state index in [4.69, 9.17) is 0 Å². The lowest BCUT2D eigenvalue weighted by atomic mass is 11.0. The highest BCUT2D eigenvalue weighted by atomic mass is 127. The topological polar surface area (TPSA) is 0 Å². The van der Waals surface area contributed by atoms with Crippen LogP contribution < -0.4 is 0 Å². The Kier molecular flexibility index (Phi) is 20.4. The van der Waals surface area contributed by atoms with Crippen LogP contribution in [0.1, 0.15) is 13.8 Å². The highest BCUT2D eigenvalue weighted by Crippen LogP contribution is 2.10. The summed E-state index contributed by atoms with van der Waals surface area (Å²) in [4.78, 5) is 0. The van der Waals surface area contributed by atoms with Crippen LogP contribution in [0, 0.1) is 0 Å². The Morgan fingerprint density at radius 2 is 1.00 bits per heavy atom. The molecule has 0 aromatic carbocycles. The molecule has 0 atom stereocenters. The van der Waals surface area contributed by atoms with Gasteiger partial charge >= 0.3 is 4.30 Å². The highest BCUT2D eigenvalue weighted by Gasteiger charge is 1.94. The molecule has 0 spiro atoms. The standard InChI is InChI=1S/C2H6.Al.3HI/c1-2;;;;/h1-2H3;;3*1H/q;+3;;;/p-3. The zero-order chi connectivity index (χ0) is 5.58. The lowest BCUT2D eigenvalue weighted by Gasteiger charge is -1.59. The predicted octanol–water partition coefficient (Wildman–Crippen LogP) is 3.30. The molecule has 0 unspecified atom stereocenters. The quantitative estimate of drug-likeness (QED) is 0.403. The van der Waals surface area contributed by atoms with Crippen molar-refractivity contribution >= 4 is 65.1 Å². The summed E-state index contributed by atoms with van der Waals surface area (Å²) in [5.41, 5.74) is 0. The van der Waals surface area contributed by atoms with Crippen LogP contribution in [-0.4, -0.2) is 4.30 Å². The zero-order valence-corrected chi connectivity index (χ0v) is 11.3. The minimum atomic E-state index is -0.229. The molecule has 0 amide bonds. The molecule has 0 aliphatic heterocycles. The summed E-state index contributed by atoms with van der Waals surface area (Å²) in [7, 11) is 0. The fraction of sp³-hybridized carbons (Fsp3) is 1.00. The largest absolute Gasteiger partial charge is 0.524 e. The molecule has 0 aliphatic rings. The third-order valence-corrected chi connectivity index (χ3v) is 0. The van der Waals surface area contributed by atoms with Crippen LogP contribution in [0.2, 0.25) is 0 Å². The Balaban J connectivity index is 0. The van der Waals surface area contributed by atoms with Gasteiger partial charge in [-0.2, -0.15) is 60.8 Å². The third-order valence-electron chi connectivity index (χ3n) is 0. The van der Waals surface area contributed by atoms with Gasteiger partial charge < -0.3 is 0 Å². The Bertz CT molecular complexity index is 13.5. The van der Waals surface area contributed by atoms with Crippen molar-refractivity contribution in [3.8, 4) is 0 Å². The molecule has 0 saturated heterocycles. The van der Waals surface area contributed by atoms with Gasteiger partial charge in [-0.05, 0) is 0 Å². The van der Waals surface area contributed by atoms with Crippen molar-refractivity contribution in [2.24, 2.45) is 0 Å². The molecule has 0 bridgehead atoms. The maximum absolute atomic E-state index is 2.46. The van der Waals surface area contributed by atoms with Gasteiger partial charge in [-0.3, -0.25) is 0 Å². The summed E-state index contributed by atoms with van der Waals surface area (Å²) < 4.78 is -0.229. The molecule has 0 aliphatic carbocycles. The first-order chi connectivity index (χ1) is 2.73. The van der Waals surface area contributed by atoms with Crippen LogP contribution in [0.5, 0.6) is 0 Å². The smallest absolute Gasteiger partial charge is 0.175 e. The molecule has 0 heterocycles. The molecule has 0 radical (unpaired) electrons. The van der Waals surface area contributed by atoms with E-state index in [9.17, 15) is 0 Å². The van der Waals surface area contributed by atoms with Crippen LogP contribution >= 0.6 is 60.8 Å². The molecule has 0 N–H and O–H groups in total. The maximum Gasteiger partial charge on any atom is 0.524 e. The summed E-state index contributed by atoms with van der Waals surface area (Å²) in [6.45, 7) is 4.00. The minimum absolute atomic E-state index is 0.229. The van der Waals surface area contributed by atoms with Crippen molar-refractivity contribution < 1.29 is 0 Å². The van der Waals surface area contributed by atoms with Gasteiger partial charge in [0.15, 0.2) is 0 Å². The van der Waals surface area contributed by atoms with Gasteiger partial charge in [0.25, 0.3) is 0 Å². The molecule has 0 rings (SSSR count). The maximum atomic E-state index is 2.46. The van der Waals surface area contributed by atoms with Gasteiger partial charge in [0.05, 0.1) is 0 Å². The number of rotatable bonds is 0. The van der Waals surface area contributed by atoms with E-state index in [0.29, 0.717) is 0 Å². The second kappa shape index (κ2) is 10.7. The Hall–Kier alpha value is 2.72. The molecule has 38 valence electrons. The van der Waals surface area contributed by atoms with Crippen molar-refractivity contribution in [3.05, 3.63) is 0 Å². The molecule has 0 saturated carbocycles. The average molecular weight is 438 g/mol. The van der Waals surface area contributed by atoms with E-state index in [2.05, 4.69) is 60.8 Å². The summed E-state index contributed by atoms with van der Waals surface area (Å²) in [6.07, 6.45) is 0. The Labute approximate surface area is 77.2 Å². The first kappa shape index (κ1) is 11.5. The normalized spacial score (nSPS) is 5.50. The monoisotopic (exact) mass is 438 g/mol. The molecule has 0 nitrogen and oxygen atoms in total.